The van der Waals surface area contributed by atoms with Crippen LogP contribution in [0.5, 0.6) is 0 Å². The van der Waals surface area contributed by atoms with E-state index in [1.54, 1.807) is 0 Å². The average molecular weight is 229 g/mol. The molecule has 1 aliphatic heterocycles. The average Bonchev–Trinajstić information content (AvgIpc) is 2.16. The zero-order valence-electron chi connectivity index (χ0n) is 10.7. The van der Waals surface area contributed by atoms with Gasteiger partial charge in [0.2, 0.25) is 0 Å². The summed E-state index contributed by atoms with van der Waals surface area (Å²) in [6.45, 7) is 8.84. The van der Waals surface area contributed by atoms with E-state index < -0.39 is 6.09 Å². The highest BCUT2D eigenvalue weighted by Crippen LogP contribution is 2.40. The maximum absolute atomic E-state index is 11.2. The number of aliphatic hydroxyl groups excluding tert-OH is 1. The first kappa shape index (κ1) is 13.3. The maximum Gasteiger partial charge on any atom is 0.407 e. The molecule has 2 unspecified atom stereocenters. The Hall–Kier alpha value is -0.770. The highest BCUT2D eigenvalue weighted by Gasteiger charge is 2.43. The number of aliphatic hydroxyl groups is 1. The molecule has 0 aromatic carbocycles. The third-order valence-electron chi connectivity index (χ3n) is 3.65. The lowest BCUT2D eigenvalue weighted by Crippen LogP contribution is -2.54. The van der Waals surface area contributed by atoms with Crippen LogP contribution in [0.25, 0.3) is 0 Å². The molecule has 1 aliphatic rings. The number of hydrogen-bond donors (Lipinski definition) is 2. The van der Waals surface area contributed by atoms with Crippen LogP contribution in [0, 0.1) is 10.8 Å². The summed E-state index contributed by atoms with van der Waals surface area (Å²) in [7, 11) is 0. The van der Waals surface area contributed by atoms with Crippen LogP contribution in [-0.4, -0.2) is 40.4 Å². The van der Waals surface area contributed by atoms with Crippen molar-refractivity contribution in [1.29, 1.82) is 0 Å². The second-order valence-electron chi connectivity index (χ2n) is 6.28. The van der Waals surface area contributed by atoms with E-state index in [9.17, 15) is 15.0 Å². The van der Waals surface area contributed by atoms with Gasteiger partial charge in [0.25, 0.3) is 0 Å². The summed E-state index contributed by atoms with van der Waals surface area (Å²) in [6, 6.07) is -0.0177. The number of carboxylic acid groups (broad SMARTS) is 1. The summed E-state index contributed by atoms with van der Waals surface area (Å²) in [6.07, 6.45) is 0.627. The third-order valence-corrected chi connectivity index (χ3v) is 3.65. The Morgan fingerprint density at radius 2 is 2.06 bits per heavy atom. The lowest BCUT2D eigenvalue weighted by atomic mass is 9.70. The normalized spacial score (nSPS) is 31.6. The first-order valence-corrected chi connectivity index (χ1v) is 5.80. The van der Waals surface area contributed by atoms with E-state index in [0.29, 0.717) is 6.54 Å². The summed E-state index contributed by atoms with van der Waals surface area (Å²) in [4.78, 5) is 12.7. The molecule has 0 saturated carbocycles. The largest absolute Gasteiger partial charge is 0.465 e. The number of piperidine rings is 1. The maximum atomic E-state index is 11.2. The number of amides is 1. The molecule has 0 bridgehead atoms. The minimum atomic E-state index is -0.847. The van der Waals surface area contributed by atoms with E-state index in [4.69, 9.17) is 0 Å². The summed E-state index contributed by atoms with van der Waals surface area (Å²) in [5.74, 6) is 0. The van der Waals surface area contributed by atoms with Crippen LogP contribution in [-0.2, 0) is 0 Å². The van der Waals surface area contributed by atoms with Crippen LogP contribution in [0.2, 0.25) is 0 Å². The fourth-order valence-electron chi connectivity index (χ4n) is 2.37. The van der Waals surface area contributed by atoms with Crippen molar-refractivity contribution in [2.75, 3.05) is 13.2 Å². The molecule has 94 valence electrons. The molecule has 4 nitrogen and oxygen atoms in total. The van der Waals surface area contributed by atoms with E-state index in [2.05, 4.69) is 20.8 Å². The van der Waals surface area contributed by atoms with E-state index >= 15 is 0 Å². The molecule has 1 heterocycles. The van der Waals surface area contributed by atoms with E-state index in [1.807, 2.05) is 6.92 Å². The van der Waals surface area contributed by atoms with Crippen molar-refractivity contribution in [1.82, 2.24) is 4.90 Å². The van der Waals surface area contributed by atoms with Gasteiger partial charge in [0.15, 0.2) is 0 Å². The van der Waals surface area contributed by atoms with Gasteiger partial charge < -0.3 is 15.1 Å². The SMILES string of the molecule is CC1(CO)CCN(C(=O)O)C(C(C)(C)C)C1. The molecule has 0 aromatic rings. The molecule has 4 heteroatoms. The molecule has 2 N–H and O–H groups in total. The van der Waals surface area contributed by atoms with Crippen LogP contribution in [0.15, 0.2) is 0 Å². The quantitative estimate of drug-likeness (QED) is 0.724. The van der Waals surface area contributed by atoms with Gasteiger partial charge in [-0.05, 0) is 23.7 Å². The van der Waals surface area contributed by atoms with Crippen molar-refractivity contribution < 1.29 is 15.0 Å². The molecule has 1 amide bonds. The summed E-state index contributed by atoms with van der Waals surface area (Å²) in [5, 5.41) is 18.6. The molecule has 0 spiro atoms. The lowest BCUT2D eigenvalue weighted by molar-refractivity contribution is -0.0125. The fourth-order valence-corrected chi connectivity index (χ4v) is 2.37. The van der Waals surface area contributed by atoms with E-state index in [0.717, 1.165) is 12.8 Å². The monoisotopic (exact) mass is 229 g/mol. The van der Waals surface area contributed by atoms with Crippen molar-refractivity contribution >= 4 is 6.09 Å². The summed E-state index contributed by atoms with van der Waals surface area (Å²) in [5.41, 5.74) is -0.223. The van der Waals surface area contributed by atoms with Crippen LogP contribution < -0.4 is 0 Å². The van der Waals surface area contributed by atoms with Crippen molar-refractivity contribution in [2.24, 2.45) is 10.8 Å². The van der Waals surface area contributed by atoms with Crippen LogP contribution in [0.3, 0.4) is 0 Å². The highest BCUT2D eigenvalue weighted by molar-refractivity contribution is 5.65. The molecule has 1 saturated heterocycles. The van der Waals surface area contributed by atoms with Gasteiger partial charge in [-0.25, -0.2) is 4.79 Å². The van der Waals surface area contributed by atoms with Gasteiger partial charge in [-0.15, -0.1) is 0 Å². The Morgan fingerprint density at radius 1 is 1.50 bits per heavy atom. The zero-order valence-corrected chi connectivity index (χ0v) is 10.7. The molecular weight excluding hydrogens is 206 g/mol. The predicted molar refractivity (Wildman–Crippen MR) is 62.4 cm³/mol. The molecule has 16 heavy (non-hydrogen) atoms. The number of carbonyl (C=O) groups is 1. The van der Waals surface area contributed by atoms with Gasteiger partial charge in [0.05, 0.1) is 0 Å². The van der Waals surface area contributed by atoms with Crippen molar-refractivity contribution in [3.8, 4) is 0 Å². The zero-order chi connectivity index (χ0) is 12.6. The second-order valence-corrected chi connectivity index (χ2v) is 6.28. The first-order chi connectivity index (χ1) is 7.19. The number of nitrogens with zero attached hydrogens (tertiary/aromatic N) is 1. The molecule has 0 aromatic heterocycles. The number of rotatable bonds is 1. The summed E-state index contributed by atoms with van der Waals surface area (Å²) < 4.78 is 0. The molecule has 2 atom stereocenters. The van der Waals surface area contributed by atoms with Crippen molar-refractivity contribution in [3.05, 3.63) is 0 Å². The Morgan fingerprint density at radius 3 is 2.44 bits per heavy atom. The van der Waals surface area contributed by atoms with Gasteiger partial charge in [-0.1, -0.05) is 27.7 Å². The molecular formula is C12H23NO3. The van der Waals surface area contributed by atoms with Gasteiger partial charge >= 0.3 is 6.09 Å². The molecule has 1 rings (SSSR count). The lowest BCUT2D eigenvalue weighted by Gasteiger charge is -2.48. The predicted octanol–water partition coefficient (Wildman–Crippen LogP) is 2.17. The topological polar surface area (TPSA) is 60.8 Å². The molecule has 1 fully saturated rings. The first-order valence-electron chi connectivity index (χ1n) is 5.80. The van der Waals surface area contributed by atoms with E-state index in [1.165, 1.54) is 4.90 Å². The number of likely N-dealkylation sites (tertiary alicyclic amines) is 1. The minimum absolute atomic E-state index is 0.0177. The Labute approximate surface area is 97.3 Å². The van der Waals surface area contributed by atoms with Crippen molar-refractivity contribution in [3.63, 3.8) is 0 Å². The minimum Gasteiger partial charge on any atom is -0.465 e. The van der Waals surface area contributed by atoms with Gasteiger partial charge in [-0.2, -0.15) is 0 Å². The van der Waals surface area contributed by atoms with Crippen LogP contribution >= 0.6 is 0 Å². The Balaban J connectivity index is 2.90. The number of hydrogen-bond acceptors (Lipinski definition) is 2. The van der Waals surface area contributed by atoms with Gasteiger partial charge in [-0.3, -0.25) is 0 Å². The third kappa shape index (κ3) is 2.67. The van der Waals surface area contributed by atoms with E-state index in [-0.39, 0.29) is 23.5 Å². The highest BCUT2D eigenvalue weighted by atomic mass is 16.4. The smallest absolute Gasteiger partial charge is 0.407 e. The standard InChI is InChI=1S/C12H23NO3/c1-11(2,3)9-7-12(4,8-14)5-6-13(9)10(15)16/h9,14H,5-8H2,1-4H3,(H,15,16). The summed E-state index contributed by atoms with van der Waals surface area (Å²) >= 11 is 0. The second kappa shape index (κ2) is 4.24. The Kier molecular flexibility index (Phi) is 3.53. The van der Waals surface area contributed by atoms with Gasteiger partial charge in [0.1, 0.15) is 0 Å². The van der Waals surface area contributed by atoms with Crippen LogP contribution in [0.1, 0.15) is 40.5 Å². The fraction of sp³-hybridized carbons (Fsp3) is 0.917. The van der Waals surface area contributed by atoms with Gasteiger partial charge in [0, 0.05) is 19.2 Å². The molecule has 0 aliphatic carbocycles. The van der Waals surface area contributed by atoms with Crippen molar-refractivity contribution in [2.45, 2.75) is 46.6 Å². The van der Waals surface area contributed by atoms with Crippen LogP contribution in [0.4, 0.5) is 4.79 Å². The Bertz CT molecular complexity index is 272. The molecule has 0 radical (unpaired) electrons.